The topological polar surface area (TPSA) is 62.4 Å². The molecule has 20 heavy (non-hydrogen) atoms. The predicted molar refractivity (Wildman–Crippen MR) is 77.2 cm³/mol. The Morgan fingerprint density at radius 3 is 2.95 bits per heavy atom. The van der Waals surface area contributed by atoms with E-state index in [1.165, 1.54) is 0 Å². The Morgan fingerprint density at radius 1 is 1.25 bits per heavy atom. The highest BCUT2D eigenvalue weighted by Crippen LogP contribution is 2.35. The normalized spacial score (nSPS) is 30.3. The first kappa shape index (κ1) is 12.0. The van der Waals surface area contributed by atoms with E-state index in [2.05, 4.69) is 16.0 Å². The van der Waals surface area contributed by atoms with Gasteiger partial charge in [0.2, 0.25) is 0 Å². The second kappa shape index (κ2) is 4.66. The van der Waals surface area contributed by atoms with Gasteiger partial charge in [0.15, 0.2) is 0 Å². The van der Waals surface area contributed by atoms with Gasteiger partial charge in [-0.1, -0.05) is 6.07 Å². The third kappa shape index (κ3) is 1.93. The zero-order valence-electron chi connectivity index (χ0n) is 11.3. The minimum absolute atomic E-state index is 0.000741. The fourth-order valence-corrected chi connectivity index (χ4v) is 3.50. The minimum Gasteiger partial charge on any atom is -0.382 e. The van der Waals surface area contributed by atoms with Gasteiger partial charge in [0.05, 0.1) is 35.2 Å². The fourth-order valence-electron chi connectivity index (χ4n) is 3.50. The highest BCUT2D eigenvalue weighted by Gasteiger charge is 2.41. The molecule has 3 N–H and O–H groups in total. The van der Waals surface area contributed by atoms with Crippen LogP contribution in [0, 0.1) is 0 Å². The van der Waals surface area contributed by atoms with E-state index in [9.17, 15) is 4.79 Å². The van der Waals surface area contributed by atoms with Gasteiger partial charge in [0.25, 0.3) is 5.91 Å². The Kier molecular flexibility index (Phi) is 2.80. The SMILES string of the molecule is O=C(NC1CC2CCC1O2)c1cccc2c1NCCN2. The average Bonchev–Trinajstić information content (AvgIpc) is 3.09. The number of rotatable bonds is 2. The molecule has 0 saturated carbocycles. The summed E-state index contributed by atoms with van der Waals surface area (Å²) in [6.07, 6.45) is 3.74. The van der Waals surface area contributed by atoms with Gasteiger partial charge in [-0.2, -0.15) is 0 Å². The molecule has 3 atom stereocenters. The Bertz CT molecular complexity index is 546. The van der Waals surface area contributed by atoms with Crippen LogP contribution in [0.15, 0.2) is 18.2 Å². The molecular formula is C15H19N3O2. The van der Waals surface area contributed by atoms with E-state index >= 15 is 0 Å². The van der Waals surface area contributed by atoms with Gasteiger partial charge in [0.1, 0.15) is 0 Å². The van der Waals surface area contributed by atoms with Gasteiger partial charge in [-0.25, -0.2) is 0 Å². The molecule has 1 amide bonds. The van der Waals surface area contributed by atoms with Crippen molar-refractivity contribution in [1.82, 2.24) is 5.32 Å². The minimum atomic E-state index is -0.000741. The van der Waals surface area contributed by atoms with Crippen molar-refractivity contribution in [1.29, 1.82) is 0 Å². The fraction of sp³-hybridized carbons (Fsp3) is 0.533. The van der Waals surface area contributed by atoms with E-state index < -0.39 is 0 Å². The highest BCUT2D eigenvalue weighted by molar-refractivity contribution is 6.03. The van der Waals surface area contributed by atoms with Gasteiger partial charge in [-0.3, -0.25) is 4.79 Å². The predicted octanol–water partition coefficient (Wildman–Crippen LogP) is 1.57. The smallest absolute Gasteiger partial charge is 0.253 e. The molecule has 2 bridgehead atoms. The first-order valence-electron chi connectivity index (χ1n) is 7.38. The van der Waals surface area contributed by atoms with Crippen molar-refractivity contribution >= 4 is 17.3 Å². The summed E-state index contributed by atoms with van der Waals surface area (Å²) in [6.45, 7) is 1.73. The van der Waals surface area contributed by atoms with Gasteiger partial charge >= 0.3 is 0 Å². The van der Waals surface area contributed by atoms with E-state index in [0.29, 0.717) is 6.10 Å². The van der Waals surface area contributed by atoms with Crippen LogP contribution >= 0.6 is 0 Å². The van der Waals surface area contributed by atoms with Crippen LogP contribution < -0.4 is 16.0 Å². The Balaban J connectivity index is 1.54. The van der Waals surface area contributed by atoms with E-state index in [1.54, 1.807) is 0 Å². The number of fused-ring (bicyclic) bond motifs is 3. The lowest BCUT2D eigenvalue weighted by Gasteiger charge is -2.24. The van der Waals surface area contributed by atoms with Crippen molar-refractivity contribution in [2.75, 3.05) is 23.7 Å². The molecule has 5 nitrogen and oxygen atoms in total. The maximum Gasteiger partial charge on any atom is 0.253 e. The molecule has 0 spiro atoms. The third-order valence-electron chi connectivity index (χ3n) is 4.47. The van der Waals surface area contributed by atoms with E-state index in [1.807, 2.05) is 18.2 Å². The molecule has 2 saturated heterocycles. The highest BCUT2D eigenvalue weighted by atomic mass is 16.5. The van der Waals surface area contributed by atoms with Gasteiger partial charge < -0.3 is 20.7 Å². The number of nitrogens with one attached hydrogen (secondary N) is 3. The number of carbonyl (C=O) groups is 1. The summed E-state index contributed by atoms with van der Waals surface area (Å²) in [7, 11) is 0. The van der Waals surface area contributed by atoms with Crippen LogP contribution in [0.1, 0.15) is 29.6 Å². The number of para-hydroxylation sites is 1. The number of carbonyl (C=O) groups excluding carboxylic acids is 1. The zero-order chi connectivity index (χ0) is 13.5. The number of hydrogen-bond acceptors (Lipinski definition) is 4. The lowest BCUT2D eigenvalue weighted by molar-refractivity contribution is 0.0841. The Labute approximate surface area is 118 Å². The monoisotopic (exact) mass is 273 g/mol. The van der Waals surface area contributed by atoms with Crippen LogP contribution in [0.3, 0.4) is 0 Å². The Hall–Kier alpha value is -1.75. The summed E-state index contributed by atoms with van der Waals surface area (Å²) in [4.78, 5) is 12.5. The van der Waals surface area contributed by atoms with Crippen LogP contribution in [-0.4, -0.2) is 37.2 Å². The van der Waals surface area contributed by atoms with Crippen molar-refractivity contribution in [2.45, 2.75) is 37.5 Å². The number of benzene rings is 1. The van der Waals surface area contributed by atoms with Crippen molar-refractivity contribution in [3.05, 3.63) is 23.8 Å². The van der Waals surface area contributed by atoms with Crippen molar-refractivity contribution in [2.24, 2.45) is 0 Å². The quantitative estimate of drug-likeness (QED) is 0.765. The van der Waals surface area contributed by atoms with Crippen molar-refractivity contribution < 1.29 is 9.53 Å². The summed E-state index contributed by atoms with van der Waals surface area (Å²) in [5.74, 6) is -0.000741. The molecule has 3 aliphatic rings. The molecule has 3 unspecified atom stereocenters. The largest absolute Gasteiger partial charge is 0.382 e. The molecule has 0 radical (unpaired) electrons. The third-order valence-corrected chi connectivity index (χ3v) is 4.47. The maximum absolute atomic E-state index is 12.5. The van der Waals surface area contributed by atoms with Crippen molar-refractivity contribution in [3.8, 4) is 0 Å². The van der Waals surface area contributed by atoms with Gasteiger partial charge in [-0.15, -0.1) is 0 Å². The van der Waals surface area contributed by atoms with Gasteiger partial charge in [-0.05, 0) is 31.4 Å². The van der Waals surface area contributed by atoms with Crippen LogP contribution in [0.5, 0.6) is 0 Å². The molecule has 106 valence electrons. The molecule has 0 aliphatic carbocycles. The second-order valence-electron chi connectivity index (χ2n) is 5.77. The average molecular weight is 273 g/mol. The van der Waals surface area contributed by atoms with Crippen LogP contribution in [0.2, 0.25) is 0 Å². The molecule has 3 aliphatic heterocycles. The number of hydrogen-bond donors (Lipinski definition) is 3. The molecule has 1 aromatic carbocycles. The summed E-state index contributed by atoms with van der Waals surface area (Å²) in [5, 5.41) is 9.77. The number of ether oxygens (including phenoxy) is 1. The van der Waals surface area contributed by atoms with Crippen LogP contribution in [0.4, 0.5) is 11.4 Å². The van der Waals surface area contributed by atoms with Crippen molar-refractivity contribution in [3.63, 3.8) is 0 Å². The molecule has 3 heterocycles. The van der Waals surface area contributed by atoms with E-state index in [0.717, 1.165) is 49.3 Å². The van der Waals surface area contributed by atoms with Crippen LogP contribution in [-0.2, 0) is 4.74 Å². The van der Waals surface area contributed by atoms with Gasteiger partial charge in [0, 0.05) is 13.1 Å². The standard InChI is InChI=1S/C15H19N3O2/c19-15(18-12-8-9-4-5-13(12)20-9)10-2-1-3-11-14(10)17-7-6-16-11/h1-3,9,12-13,16-17H,4-8H2,(H,18,19). The molecule has 1 aromatic rings. The first-order chi connectivity index (χ1) is 9.81. The summed E-state index contributed by atoms with van der Waals surface area (Å²) >= 11 is 0. The molecule has 0 aromatic heterocycles. The summed E-state index contributed by atoms with van der Waals surface area (Å²) in [6, 6.07) is 5.97. The summed E-state index contributed by atoms with van der Waals surface area (Å²) < 4.78 is 5.79. The lowest BCUT2D eigenvalue weighted by Crippen LogP contribution is -2.41. The first-order valence-corrected chi connectivity index (χ1v) is 7.38. The molecule has 4 rings (SSSR count). The maximum atomic E-state index is 12.5. The van der Waals surface area contributed by atoms with E-state index in [-0.39, 0.29) is 18.1 Å². The second-order valence-corrected chi connectivity index (χ2v) is 5.77. The summed E-state index contributed by atoms with van der Waals surface area (Å²) in [5.41, 5.74) is 2.64. The number of anilines is 2. The molecule has 2 fully saturated rings. The number of amides is 1. The van der Waals surface area contributed by atoms with Crippen LogP contribution in [0.25, 0.3) is 0 Å². The molecule has 5 heteroatoms. The zero-order valence-corrected chi connectivity index (χ0v) is 11.3. The lowest BCUT2D eigenvalue weighted by atomic mass is 9.95. The van der Waals surface area contributed by atoms with E-state index in [4.69, 9.17) is 4.74 Å². The Morgan fingerprint density at radius 2 is 2.15 bits per heavy atom. The molecular weight excluding hydrogens is 254 g/mol.